The third-order valence-corrected chi connectivity index (χ3v) is 11.7. The van der Waals surface area contributed by atoms with Gasteiger partial charge in [0.05, 0.1) is 0 Å². The van der Waals surface area contributed by atoms with Gasteiger partial charge in [-0.25, -0.2) is 0 Å². The number of benzene rings is 2. The van der Waals surface area contributed by atoms with Crippen molar-refractivity contribution in [2.24, 2.45) is 22.7 Å². The summed E-state index contributed by atoms with van der Waals surface area (Å²) in [6.07, 6.45) is 7.57. The maximum atomic E-state index is 7.13. The second kappa shape index (κ2) is 7.43. The average molecular weight is 498 g/mol. The molecule has 0 amide bonds. The van der Waals surface area contributed by atoms with E-state index in [4.69, 9.17) is 14.2 Å². The molecule has 0 aromatic heterocycles. The molecule has 2 aromatic rings. The van der Waals surface area contributed by atoms with Crippen molar-refractivity contribution >= 4 is 19.4 Å². The van der Waals surface area contributed by atoms with Crippen LogP contribution in [0.15, 0.2) is 42.5 Å². The molecule has 2 aromatic carbocycles. The summed E-state index contributed by atoms with van der Waals surface area (Å²) < 4.78 is 20.0. The van der Waals surface area contributed by atoms with Gasteiger partial charge in [0.2, 0.25) is 0 Å². The molecule has 2 aliphatic heterocycles. The van der Waals surface area contributed by atoms with Gasteiger partial charge in [-0.1, -0.05) is 0 Å². The maximum absolute atomic E-state index is 7.13. The van der Waals surface area contributed by atoms with Gasteiger partial charge < -0.3 is 0 Å². The Balaban J connectivity index is 1.41. The van der Waals surface area contributed by atoms with Crippen LogP contribution in [0.4, 0.5) is 0 Å². The molecule has 2 heterocycles. The van der Waals surface area contributed by atoms with Crippen LogP contribution in [0, 0.1) is 22.7 Å². The van der Waals surface area contributed by atoms with Crippen molar-refractivity contribution in [2.45, 2.75) is 70.2 Å². The fourth-order valence-corrected chi connectivity index (χ4v) is 10.0. The molecule has 3 nitrogen and oxygen atoms in total. The zero-order valence-corrected chi connectivity index (χ0v) is 21.2. The molecule has 2 fully saturated rings. The molecule has 2 aliphatic carbocycles. The van der Waals surface area contributed by atoms with Crippen LogP contribution in [0.25, 0.3) is 0 Å². The Morgan fingerprint density at radius 2 is 1.69 bits per heavy atom. The minimum atomic E-state index is -0.0742. The molecule has 0 spiro atoms. The Morgan fingerprint density at radius 1 is 0.906 bits per heavy atom. The standard InChI is InChI=1S/C28H34O3Se/c1-26(2)11-7-12-27(3)24(26)10-13-28(17-32-20-8-5-4-6-9-20)25(27)15-19-14-22-23(30-18-29-22)16-21(19)31-28/h4-6,8-9,14,16,24-25H,7,10-13,15,17-18H2,1-3H3/t24-,25+,27-,28+/m0/s1. The van der Waals surface area contributed by atoms with Crippen LogP contribution in [0.2, 0.25) is 5.32 Å². The third-order valence-electron chi connectivity index (χ3n) is 9.08. The van der Waals surface area contributed by atoms with E-state index in [9.17, 15) is 0 Å². The number of fused-ring (bicyclic) bond motifs is 5. The molecular weight excluding hydrogens is 463 g/mol. The zero-order chi connectivity index (χ0) is 22.0. The summed E-state index contributed by atoms with van der Waals surface area (Å²) >= 11 is 0.404. The molecule has 0 radical (unpaired) electrons. The Morgan fingerprint density at radius 3 is 2.50 bits per heavy atom. The molecule has 0 saturated heterocycles. The van der Waals surface area contributed by atoms with Gasteiger partial charge in [-0.2, -0.15) is 0 Å². The molecule has 0 N–H and O–H groups in total. The topological polar surface area (TPSA) is 27.7 Å². The summed E-state index contributed by atoms with van der Waals surface area (Å²) in [4.78, 5) is 0. The molecule has 0 unspecified atom stereocenters. The number of ether oxygens (including phenoxy) is 3. The summed E-state index contributed by atoms with van der Waals surface area (Å²) in [7, 11) is 0. The van der Waals surface area contributed by atoms with Gasteiger partial charge in [0.15, 0.2) is 0 Å². The Hall–Kier alpha value is -1.64. The second-order valence-corrected chi connectivity index (χ2v) is 13.5. The van der Waals surface area contributed by atoms with Crippen LogP contribution in [0.1, 0.15) is 58.4 Å². The van der Waals surface area contributed by atoms with E-state index < -0.39 is 0 Å². The first-order valence-electron chi connectivity index (χ1n) is 12.2. The van der Waals surface area contributed by atoms with Crippen LogP contribution in [0.5, 0.6) is 17.2 Å². The molecule has 0 bridgehead atoms. The number of rotatable bonds is 3. The van der Waals surface area contributed by atoms with Crippen molar-refractivity contribution < 1.29 is 14.2 Å². The molecule has 32 heavy (non-hydrogen) atoms. The third kappa shape index (κ3) is 3.21. The summed E-state index contributed by atoms with van der Waals surface area (Å²) in [6.45, 7) is 7.96. The fraction of sp³-hybridized carbons (Fsp3) is 0.571. The van der Waals surface area contributed by atoms with Crippen LogP contribution in [-0.2, 0) is 6.42 Å². The van der Waals surface area contributed by atoms with Crippen LogP contribution in [0.3, 0.4) is 0 Å². The van der Waals surface area contributed by atoms with Gasteiger partial charge in [-0.05, 0) is 0 Å². The van der Waals surface area contributed by atoms with E-state index >= 15 is 0 Å². The SMILES string of the molecule is CC1(C)CCC[C@@]2(C)[C@H]1CC[C@]1(C[Se]c3ccccc3)Oc3cc4c(cc3C[C@@H]12)OCO4. The molecule has 6 rings (SSSR count). The molecule has 170 valence electrons. The predicted octanol–water partition coefficient (Wildman–Crippen LogP) is 5.78. The molecule has 4 aliphatic rings. The summed E-state index contributed by atoms with van der Waals surface area (Å²) in [5.41, 5.74) is 1.97. The van der Waals surface area contributed by atoms with Gasteiger partial charge in [0, 0.05) is 0 Å². The van der Waals surface area contributed by atoms with Gasteiger partial charge in [0.25, 0.3) is 0 Å². The molecule has 4 atom stereocenters. The van der Waals surface area contributed by atoms with Crippen LogP contribution >= 0.6 is 0 Å². The van der Waals surface area contributed by atoms with E-state index in [2.05, 4.69) is 63.2 Å². The number of hydrogen-bond acceptors (Lipinski definition) is 3. The second-order valence-electron chi connectivity index (χ2n) is 11.3. The first-order chi connectivity index (χ1) is 15.4. The van der Waals surface area contributed by atoms with Gasteiger partial charge >= 0.3 is 199 Å². The van der Waals surface area contributed by atoms with Crippen molar-refractivity contribution in [1.82, 2.24) is 0 Å². The van der Waals surface area contributed by atoms with Crippen LogP contribution < -0.4 is 18.7 Å². The first kappa shape index (κ1) is 20.9. The van der Waals surface area contributed by atoms with Gasteiger partial charge in [0.1, 0.15) is 0 Å². The van der Waals surface area contributed by atoms with E-state index in [0.717, 1.165) is 34.9 Å². The molecule has 4 heteroatoms. The fourth-order valence-electron chi connectivity index (χ4n) is 7.59. The van der Waals surface area contributed by atoms with E-state index in [1.54, 1.807) is 0 Å². The average Bonchev–Trinajstić information content (AvgIpc) is 3.22. The van der Waals surface area contributed by atoms with E-state index in [1.165, 1.54) is 42.1 Å². The first-order valence-corrected chi connectivity index (χ1v) is 14.3. The van der Waals surface area contributed by atoms with E-state index in [1.807, 2.05) is 0 Å². The van der Waals surface area contributed by atoms with E-state index in [-0.39, 0.29) is 5.60 Å². The van der Waals surface area contributed by atoms with Crippen molar-refractivity contribution in [3.8, 4) is 17.2 Å². The van der Waals surface area contributed by atoms with Gasteiger partial charge in [-0.3, -0.25) is 0 Å². The Labute approximate surface area is 198 Å². The van der Waals surface area contributed by atoms with E-state index in [0.29, 0.717) is 38.5 Å². The Kier molecular flexibility index (Phi) is 4.86. The monoisotopic (exact) mass is 498 g/mol. The zero-order valence-electron chi connectivity index (χ0n) is 19.5. The van der Waals surface area contributed by atoms with Crippen molar-refractivity contribution in [1.29, 1.82) is 0 Å². The minimum absolute atomic E-state index is 0.0742. The van der Waals surface area contributed by atoms with Gasteiger partial charge in [-0.15, -0.1) is 0 Å². The van der Waals surface area contributed by atoms with Crippen molar-refractivity contribution in [3.05, 3.63) is 48.0 Å². The molecular formula is C28H34O3Se. The number of hydrogen-bond donors (Lipinski definition) is 0. The van der Waals surface area contributed by atoms with Crippen molar-refractivity contribution in [2.75, 3.05) is 6.79 Å². The quantitative estimate of drug-likeness (QED) is 0.504. The summed E-state index contributed by atoms with van der Waals surface area (Å²) in [6, 6.07) is 15.3. The van der Waals surface area contributed by atoms with Crippen molar-refractivity contribution in [3.63, 3.8) is 0 Å². The summed E-state index contributed by atoms with van der Waals surface area (Å²) in [5, 5.41) is 1.14. The predicted molar refractivity (Wildman–Crippen MR) is 128 cm³/mol. The Bertz CT molecular complexity index is 1020. The summed E-state index contributed by atoms with van der Waals surface area (Å²) in [5.74, 6) is 4.07. The normalized spacial score (nSPS) is 34.1. The molecule has 2 saturated carbocycles. The van der Waals surface area contributed by atoms with Crippen LogP contribution in [-0.4, -0.2) is 27.4 Å².